The largest absolute Gasteiger partial charge is 0.508 e. The number of aromatic hydroxyl groups is 1. The van der Waals surface area contributed by atoms with Crippen LogP contribution in [-0.2, 0) is 30.4 Å². The van der Waals surface area contributed by atoms with E-state index in [0.29, 0.717) is 37.9 Å². The topological polar surface area (TPSA) is 220 Å². The van der Waals surface area contributed by atoms with Crippen LogP contribution in [0, 0.1) is 0 Å². The first-order valence-corrected chi connectivity index (χ1v) is 12.2. The van der Waals surface area contributed by atoms with Gasteiger partial charge in [-0.3, -0.25) is 19.2 Å². The van der Waals surface area contributed by atoms with Gasteiger partial charge in [0.05, 0.1) is 12.5 Å². The van der Waals surface area contributed by atoms with Gasteiger partial charge in [-0.1, -0.05) is 12.1 Å². The zero-order valence-corrected chi connectivity index (χ0v) is 20.4. The van der Waals surface area contributed by atoms with Crippen LogP contribution in [0.2, 0.25) is 0 Å². The number of carbonyl (C=O) groups excluding carboxylic acids is 3. The van der Waals surface area contributed by atoms with Crippen molar-refractivity contribution in [3.63, 3.8) is 0 Å². The van der Waals surface area contributed by atoms with Crippen molar-refractivity contribution in [3.05, 3.63) is 29.8 Å². The van der Waals surface area contributed by atoms with Crippen molar-refractivity contribution >= 4 is 29.7 Å². The highest BCUT2D eigenvalue weighted by Crippen LogP contribution is 2.13. The van der Waals surface area contributed by atoms with Crippen molar-refractivity contribution in [1.29, 1.82) is 0 Å². The van der Waals surface area contributed by atoms with Gasteiger partial charge in [-0.2, -0.15) is 0 Å². The molecule has 0 saturated carbocycles. The standard InChI is InChI=1S/C24H35N5O8/c25-10-2-1-4-17(27-21(33)16-5-3-11-26-16)22(34)28-18(12-14-6-8-15(30)9-7-14)23(35)29-19(24(36)37)13-20(31)32/h6-9,16-19,26,30H,1-5,10-13,25H2,(H,27,33)(H,28,34)(H,29,35)(H,31,32)(H,36,37). The summed E-state index contributed by atoms with van der Waals surface area (Å²) in [6, 6.07) is 1.45. The number of amides is 3. The van der Waals surface area contributed by atoms with Crippen molar-refractivity contribution in [2.75, 3.05) is 13.1 Å². The van der Waals surface area contributed by atoms with Gasteiger partial charge in [0.25, 0.3) is 0 Å². The van der Waals surface area contributed by atoms with E-state index in [4.69, 9.17) is 10.8 Å². The van der Waals surface area contributed by atoms with Crippen LogP contribution in [0.15, 0.2) is 24.3 Å². The zero-order chi connectivity index (χ0) is 27.4. The first-order valence-electron chi connectivity index (χ1n) is 12.2. The first kappa shape index (κ1) is 29.5. The second kappa shape index (κ2) is 14.8. The molecule has 1 aromatic rings. The predicted molar refractivity (Wildman–Crippen MR) is 131 cm³/mol. The molecule has 1 aliphatic heterocycles. The summed E-state index contributed by atoms with van der Waals surface area (Å²) < 4.78 is 0. The fraction of sp³-hybridized carbons (Fsp3) is 0.542. The molecule has 0 bridgehead atoms. The van der Waals surface area contributed by atoms with Crippen LogP contribution < -0.4 is 27.0 Å². The summed E-state index contributed by atoms with van der Waals surface area (Å²) in [5.74, 6) is -4.86. The first-order chi connectivity index (χ1) is 17.6. The molecular weight excluding hydrogens is 486 g/mol. The van der Waals surface area contributed by atoms with Gasteiger partial charge in [-0.15, -0.1) is 0 Å². The SMILES string of the molecule is NCCCCC(NC(=O)C1CCCN1)C(=O)NC(Cc1ccc(O)cc1)C(=O)NC(CC(=O)O)C(=O)O. The molecule has 1 aliphatic rings. The molecule has 1 heterocycles. The van der Waals surface area contributed by atoms with Crippen LogP contribution in [0.3, 0.4) is 0 Å². The van der Waals surface area contributed by atoms with E-state index in [1.807, 2.05) is 0 Å². The Kier molecular flexibility index (Phi) is 11.8. The molecule has 13 heteroatoms. The lowest BCUT2D eigenvalue weighted by molar-refractivity contribution is -0.147. The minimum absolute atomic E-state index is 0.00983. The Balaban J connectivity index is 2.21. The molecular formula is C24H35N5O8. The highest BCUT2D eigenvalue weighted by Gasteiger charge is 2.32. The number of carbonyl (C=O) groups is 5. The maximum absolute atomic E-state index is 13.2. The van der Waals surface area contributed by atoms with Crippen molar-refractivity contribution in [2.24, 2.45) is 5.73 Å². The number of carboxylic acid groups (broad SMARTS) is 2. The van der Waals surface area contributed by atoms with Crippen molar-refractivity contribution < 1.29 is 39.3 Å². The van der Waals surface area contributed by atoms with E-state index in [1.54, 1.807) is 0 Å². The van der Waals surface area contributed by atoms with Gasteiger partial charge in [0, 0.05) is 6.42 Å². The highest BCUT2D eigenvalue weighted by molar-refractivity contribution is 5.94. The third-order valence-corrected chi connectivity index (χ3v) is 5.96. The third kappa shape index (κ3) is 10.1. The predicted octanol–water partition coefficient (Wildman–Crippen LogP) is -1.17. The highest BCUT2D eigenvalue weighted by atomic mass is 16.4. The lowest BCUT2D eigenvalue weighted by atomic mass is 10.0. The Morgan fingerprint density at radius 2 is 1.59 bits per heavy atom. The van der Waals surface area contributed by atoms with Gasteiger partial charge in [0.15, 0.2) is 0 Å². The van der Waals surface area contributed by atoms with E-state index in [9.17, 15) is 34.2 Å². The maximum atomic E-state index is 13.2. The van der Waals surface area contributed by atoms with Gasteiger partial charge in [0.2, 0.25) is 17.7 Å². The van der Waals surface area contributed by atoms with Crippen molar-refractivity contribution in [1.82, 2.24) is 21.3 Å². The molecule has 1 fully saturated rings. The molecule has 13 nitrogen and oxygen atoms in total. The van der Waals surface area contributed by atoms with Gasteiger partial charge < -0.3 is 42.3 Å². The fourth-order valence-corrected chi connectivity index (χ4v) is 3.94. The smallest absolute Gasteiger partial charge is 0.326 e. The van der Waals surface area contributed by atoms with E-state index < -0.39 is 54.3 Å². The van der Waals surface area contributed by atoms with Gasteiger partial charge in [0.1, 0.15) is 23.9 Å². The van der Waals surface area contributed by atoms with E-state index in [0.717, 1.165) is 6.42 Å². The number of phenols is 1. The normalized spacial score (nSPS) is 17.3. The molecule has 0 radical (unpaired) electrons. The van der Waals surface area contributed by atoms with Crippen LogP contribution in [0.5, 0.6) is 5.75 Å². The summed E-state index contributed by atoms with van der Waals surface area (Å²) in [4.78, 5) is 61.4. The number of hydrogen-bond acceptors (Lipinski definition) is 8. The molecule has 4 atom stereocenters. The maximum Gasteiger partial charge on any atom is 0.326 e. The number of hydrogen-bond donors (Lipinski definition) is 8. The summed E-state index contributed by atoms with van der Waals surface area (Å²) in [7, 11) is 0. The second-order valence-corrected chi connectivity index (χ2v) is 8.92. The number of nitrogens with one attached hydrogen (secondary N) is 4. The van der Waals surface area contributed by atoms with Crippen LogP contribution in [0.25, 0.3) is 0 Å². The zero-order valence-electron chi connectivity index (χ0n) is 20.4. The average molecular weight is 522 g/mol. The molecule has 3 amide bonds. The summed E-state index contributed by atoms with van der Waals surface area (Å²) in [5.41, 5.74) is 6.10. The van der Waals surface area contributed by atoms with Crippen LogP contribution in [0.1, 0.15) is 44.1 Å². The summed E-state index contributed by atoms with van der Waals surface area (Å²) >= 11 is 0. The molecule has 204 valence electrons. The number of phenolic OH excluding ortho intramolecular Hbond substituents is 1. The molecule has 9 N–H and O–H groups in total. The third-order valence-electron chi connectivity index (χ3n) is 5.96. The lowest BCUT2D eigenvalue weighted by Crippen LogP contribution is -2.57. The number of nitrogens with two attached hydrogens (primary N) is 1. The molecule has 37 heavy (non-hydrogen) atoms. The van der Waals surface area contributed by atoms with E-state index in [-0.39, 0.29) is 24.5 Å². The van der Waals surface area contributed by atoms with E-state index in [2.05, 4.69) is 21.3 Å². The molecule has 0 spiro atoms. The molecule has 0 aliphatic carbocycles. The van der Waals surface area contributed by atoms with Crippen molar-refractivity contribution in [3.8, 4) is 5.75 Å². The second-order valence-electron chi connectivity index (χ2n) is 8.92. The monoisotopic (exact) mass is 521 g/mol. The Hall–Kier alpha value is -3.71. The summed E-state index contributed by atoms with van der Waals surface area (Å²) in [5, 5.41) is 38.4. The van der Waals surface area contributed by atoms with Crippen LogP contribution in [0.4, 0.5) is 0 Å². The number of aliphatic carboxylic acids is 2. The van der Waals surface area contributed by atoms with Gasteiger partial charge in [-0.05, 0) is 62.9 Å². The fourth-order valence-electron chi connectivity index (χ4n) is 3.94. The molecule has 1 saturated heterocycles. The Bertz CT molecular complexity index is 949. The summed E-state index contributed by atoms with van der Waals surface area (Å²) in [6.45, 7) is 1.09. The number of benzene rings is 1. The Morgan fingerprint density at radius 1 is 0.946 bits per heavy atom. The minimum Gasteiger partial charge on any atom is -0.508 e. The molecule has 2 rings (SSSR count). The molecule has 4 unspecified atom stereocenters. The number of carboxylic acids is 2. The Morgan fingerprint density at radius 3 is 2.16 bits per heavy atom. The molecule has 0 aromatic heterocycles. The van der Waals surface area contributed by atoms with Gasteiger partial charge >= 0.3 is 11.9 Å². The average Bonchev–Trinajstić information content (AvgIpc) is 3.39. The summed E-state index contributed by atoms with van der Waals surface area (Å²) in [6.07, 6.45) is 1.96. The van der Waals surface area contributed by atoms with Gasteiger partial charge in [-0.25, -0.2) is 4.79 Å². The minimum atomic E-state index is -1.71. The van der Waals surface area contributed by atoms with E-state index >= 15 is 0 Å². The van der Waals surface area contributed by atoms with Crippen molar-refractivity contribution in [2.45, 2.75) is 69.1 Å². The van der Waals surface area contributed by atoms with E-state index in [1.165, 1.54) is 24.3 Å². The number of unbranched alkanes of at least 4 members (excludes halogenated alkanes) is 1. The lowest BCUT2D eigenvalue weighted by Gasteiger charge is -2.25. The van der Waals surface area contributed by atoms with Crippen LogP contribution in [-0.4, -0.2) is 82.2 Å². The number of rotatable bonds is 15. The quantitative estimate of drug-likeness (QED) is 0.129. The Labute approximate surface area is 214 Å². The van der Waals surface area contributed by atoms with Crippen LogP contribution >= 0.6 is 0 Å². The molecule has 1 aromatic carbocycles.